The molecule has 1 aliphatic carbocycles. The average molecular weight is 302 g/mol. The van der Waals surface area contributed by atoms with Gasteiger partial charge in [0.15, 0.2) is 12.3 Å². The quantitative estimate of drug-likeness (QED) is 0.860. The Morgan fingerprint density at radius 3 is 2.76 bits per heavy atom. The summed E-state index contributed by atoms with van der Waals surface area (Å²) in [7, 11) is 0. The van der Waals surface area contributed by atoms with Crippen LogP contribution in [0.25, 0.3) is 10.6 Å². The van der Waals surface area contributed by atoms with Crippen LogP contribution in [0.5, 0.6) is 0 Å². The minimum Gasteiger partial charge on any atom is -0.451 e. The maximum Gasteiger partial charge on any atom is 0.358 e. The maximum absolute atomic E-state index is 11.8. The monoisotopic (exact) mass is 302 g/mol. The van der Waals surface area contributed by atoms with E-state index in [0.29, 0.717) is 0 Å². The van der Waals surface area contributed by atoms with Crippen LogP contribution in [-0.4, -0.2) is 29.5 Å². The summed E-state index contributed by atoms with van der Waals surface area (Å²) in [6.07, 6.45) is 2.01. The number of nitrogens with one attached hydrogen (secondary N) is 1. The van der Waals surface area contributed by atoms with Crippen molar-refractivity contribution in [2.45, 2.75) is 18.9 Å². The van der Waals surface area contributed by atoms with E-state index in [0.717, 1.165) is 23.4 Å². The molecule has 1 N–H and O–H groups in total. The first kappa shape index (κ1) is 13.8. The van der Waals surface area contributed by atoms with Crippen molar-refractivity contribution in [1.82, 2.24) is 10.3 Å². The van der Waals surface area contributed by atoms with Gasteiger partial charge in [-0.05, 0) is 12.8 Å². The third kappa shape index (κ3) is 3.66. The maximum atomic E-state index is 11.8. The first-order chi connectivity index (χ1) is 10.2. The molecule has 0 aliphatic heterocycles. The summed E-state index contributed by atoms with van der Waals surface area (Å²) in [6, 6.07) is 9.87. The van der Waals surface area contributed by atoms with E-state index in [1.54, 1.807) is 5.38 Å². The fourth-order valence-electron chi connectivity index (χ4n) is 1.78. The van der Waals surface area contributed by atoms with E-state index < -0.39 is 5.97 Å². The van der Waals surface area contributed by atoms with Gasteiger partial charge in [0.2, 0.25) is 0 Å². The van der Waals surface area contributed by atoms with Gasteiger partial charge in [0.1, 0.15) is 5.01 Å². The molecule has 0 bridgehead atoms. The lowest BCUT2D eigenvalue weighted by Gasteiger charge is -2.03. The molecule has 21 heavy (non-hydrogen) atoms. The highest BCUT2D eigenvalue weighted by atomic mass is 32.1. The second-order valence-electron chi connectivity index (χ2n) is 4.82. The lowest BCUT2D eigenvalue weighted by molar-refractivity contribution is -0.124. The topological polar surface area (TPSA) is 68.3 Å². The smallest absolute Gasteiger partial charge is 0.358 e. The van der Waals surface area contributed by atoms with Crippen molar-refractivity contribution in [2.24, 2.45) is 0 Å². The number of hydrogen-bond donors (Lipinski definition) is 1. The van der Waals surface area contributed by atoms with Gasteiger partial charge in [-0.2, -0.15) is 0 Å². The van der Waals surface area contributed by atoms with E-state index in [1.165, 1.54) is 11.3 Å². The van der Waals surface area contributed by atoms with Crippen LogP contribution in [-0.2, 0) is 9.53 Å². The molecule has 1 aromatic heterocycles. The van der Waals surface area contributed by atoms with E-state index in [2.05, 4.69) is 10.3 Å². The molecule has 0 atom stereocenters. The van der Waals surface area contributed by atoms with E-state index in [1.807, 2.05) is 30.3 Å². The van der Waals surface area contributed by atoms with Gasteiger partial charge in [-0.1, -0.05) is 30.3 Å². The molecule has 6 heteroatoms. The van der Waals surface area contributed by atoms with Gasteiger partial charge in [-0.15, -0.1) is 11.3 Å². The lowest BCUT2D eigenvalue weighted by atomic mass is 10.2. The van der Waals surface area contributed by atoms with Gasteiger partial charge in [0.25, 0.3) is 5.91 Å². The molecule has 3 rings (SSSR count). The molecule has 108 valence electrons. The largest absolute Gasteiger partial charge is 0.451 e. The summed E-state index contributed by atoms with van der Waals surface area (Å²) in [5, 5.41) is 5.15. The zero-order valence-corrected chi connectivity index (χ0v) is 12.1. The highest BCUT2D eigenvalue weighted by Gasteiger charge is 2.24. The van der Waals surface area contributed by atoms with Crippen LogP contribution in [0.2, 0.25) is 0 Å². The van der Waals surface area contributed by atoms with Crippen LogP contribution in [0.4, 0.5) is 0 Å². The number of carbonyl (C=O) groups excluding carboxylic acids is 2. The second-order valence-corrected chi connectivity index (χ2v) is 5.68. The fraction of sp³-hybridized carbons (Fsp3) is 0.267. The van der Waals surface area contributed by atoms with Crippen molar-refractivity contribution >= 4 is 23.2 Å². The van der Waals surface area contributed by atoms with Gasteiger partial charge < -0.3 is 10.1 Å². The van der Waals surface area contributed by atoms with Crippen molar-refractivity contribution in [2.75, 3.05) is 6.61 Å². The number of ether oxygens (including phenoxy) is 1. The Kier molecular flexibility index (Phi) is 3.96. The van der Waals surface area contributed by atoms with Crippen LogP contribution < -0.4 is 5.32 Å². The van der Waals surface area contributed by atoms with Gasteiger partial charge in [0, 0.05) is 17.0 Å². The molecular formula is C15H14N2O3S. The molecule has 1 aromatic carbocycles. The molecule has 1 fully saturated rings. The van der Waals surface area contributed by atoms with Crippen LogP contribution in [0.3, 0.4) is 0 Å². The summed E-state index contributed by atoms with van der Waals surface area (Å²) in [5.74, 6) is -0.830. The van der Waals surface area contributed by atoms with E-state index in [-0.39, 0.29) is 24.2 Å². The minimum atomic E-state index is -0.570. The van der Waals surface area contributed by atoms with Crippen molar-refractivity contribution in [1.29, 1.82) is 0 Å². The van der Waals surface area contributed by atoms with Crippen molar-refractivity contribution in [3.05, 3.63) is 41.4 Å². The predicted molar refractivity (Wildman–Crippen MR) is 79.0 cm³/mol. The standard InChI is InChI=1S/C15H14N2O3S/c18-13(16-11-6-7-11)8-20-15(19)12-9-21-14(17-12)10-4-2-1-3-5-10/h1-5,9,11H,6-8H2,(H,16,18). The Hall–Kier alpha value is -2.21. The molecule has 5 nitrogen and oxygen atoms in total. The van der Waals surface area contributed by atoms with Crippen molar-refractivity contribution in [3.8, 4) is 10.6 Å². The van der Waals surface area contributed by atoms with E-state index >= 15 is 0 Å². The number of rotatable bonds is 5. The summed E-state index contributed by atoms with van der Waals surface area (Å²) >= 11 is 1.37. The molecular weight excluding hydrogens is 288 g/mol. The lowest BCUT2D eigenvalue weighted by Crippen LogP contribution is -2.30. The summed E-state index contributed by atoms with van der Waals surface area (Å²) < 4.78 is 4.96. The van der Waals surface area contributed by atoms with Crippen molar-refractivity contribution in [3.63, 3.8) is 0 Å². The average Bonchev–Trinajstić information content (AvgIpc) is 3.18. The van der Waals surface area contributed by atoms with Gasteiger partial charge in [0.05, 0.1) is 0 Å². The van der Waals surface area contributed by atoms with Crippen LogP contribution in [0.15, 0.2) is 35.7 Å². The number of hydrogen-bond acceptors (Lipinski definition) is 5. The zero-order valence-electron chi connectivity index (χ0n) is 11.2. The van der Waals surface area contributed by atoms with Gasteiger partial charge in [-0.25, -0.2) is 9.78 Å². The Balaban J connectivity index is 1.57. The highest BCUT2D eigenvalue weighted by molar-refractivity contribution is 7.13. The molecule has 0 unspecified atom stereocenters. The van der Waals surface area contributed by atoms with Crippen LogP contribution in [0.1, 0.15) is 23.3 Å². The number of aromatic nitrogens is 1. The molecule has 0 radical (unpaired) electrons. The second kappa shape index (κ2) is 6.05. The van der Waals surface area contributed by atoms with E-state index in [9.17, 15) is 9.59 Å². The van der Waals surface area contributed by atoms with Crippen molar-refractivity contribution < 1.29 is 14.3 Å². The number of amides is 1. The first-order valence-corrected chi connectivity index (χ1v) is 7.58. The first-order valence-electron chi connectivity index (χ1n) is 6.70. The minimum absolute atomic E-state index is 0.234. The predicted octanol–water partition coefficient (Wildman–Crippen LogP) is 2.25. The number of esters is 1. The highest BCUT2D eigenvalue weighted by Crippen LogP contribution is 2.23. The van der Waals surface area contributed by atoms with Crippen LogP contribution in [0, 0.1) is 0 Å². The van der Waals surface area contributed by atoms with Crippen LogP contribution >= 0.6 is 11.3 Å². The van der Waals surface area contributed by atoms with Gasteiger partial charge in [-0.3, -0.25) is 4.79 Å². The number of benzene rings is 1. The molecule has 1 saturated carbocycles. The number of nitrogens with zero attached hydrogens (tertiary/aromatic N) is 1. The fourth-order valence-corrected chi connectivity index (χ4v) is 2.58. The molecule has 1 heterocycles. The Bertz CT molecular complexity index is 650. The summed E-state index contributed by atoms with van der Waals surface area (Å²) in [6.45, 7) is -0.256. The third-order valence-electron chi connectivity index (χ3n) is 3.01. The normalized spacial score (nSPS) is 13.7. The molecule has 2 aromatic rings. The summed E-state index contributed by atoms with van der Waals surface area (Å²) in [5.41, 5.74) is 1.19. The third-order valence-corrected chi connectivity index (χ3v) is 3.90. The molecule has 0 saturated heterocycles. The molecule has 1 aliphatic rings. The Morgan fingerprint density at radius 1 is 1.29 bits per heavy atom. The summed E-state index contributed by atoms with van der Waals surface area (Å²) in [4.78, 5) is 27.5. The number of carbonyl (C=O) groups is 2. The SMILES string of the molecule is O=C(COC(=O)c1csc(-c2ccccc2)n1)NC1CC1. The molecule has 1 amide bonds. The molecule has 0 spiro atoms. The van der Waals surface area contributed by atoms with Gasteiger partial charge >= 0.3 is 5.97 Å². The Labute approximate surface area is 126 Å². The number of thiazole rings is 1. The Morgan fingerprint density at radius 2 is 2.05 bits per heavy atom. The zero-order chi connectivity index (χ0) is 14.7. The van der Waals surface area contributed by atoms with E-state index in [4.69, 9.17) is 4.74 Å².